The van der Waals surface area contributed by atoms with Gasteiger partial charge in [-0.25, -0.2) is 14.6 Å². The Kier molecular flexibility index (Phi) is 6.24. The lowest BCUT2D eigenvalue weighted by Gasteiger charge is -2.04. The lowest BCUT2D eigenvalue weighted by Crippen LogP contribution is -2.25. The van der Waals surface area contributed by atoms with Crippen molar-refractivity contribution in [2.45, 2.75) is 6.42 Å². The fourth-order valence-electron chi connectivity index (χ4n) is 2.99. The summed E-state index contributed by atoms with van der Waals surface area (Å²) in [6.07, 6.45) is 5.59. The van der Waals surface area contributed by atoms with Gasteiger partial charge in [0.25, 0.3) is 5.91 Å². The zero-order chi connectivity index (χ0) is 21.5. The van der Waals surface area contributed by atoms with Crippen molar-refractivity contribution in [2.24, 2.45) is 10.8 Å². The zero-order valence-corrected chi connectivity index (χ0v) is 16.8. The summed E-state index contributed by atoms with van der Waals surface area (Å²) in [6.45, 7) is 1.12. The van der Waals surface area contributed by atoms with Crippen LogP contribution in [0.15, 0.2) is 72.2 Å². The molecule has 0 atom stereocenters. The van der Waals surface area contributed by atoms with Crippen LogP contribution in [0.1, 0.15) is 22.3 Å². The number of anilines is 1. The second-order valence-electron chi connectivity index (χ2n) is 6.74. The Bertz CT molecular complexity index is 1190. The molecule has 0 aliphatic carbocycles. The number of rotatable bonds is 8. The van der Waals surface area contributed by atoms with Gasteiger partial charge in [-0.2, -0.15) is 10.2 Å². The van der Waals surface area contributed by atoms with E-state index in [1.807, 2.05) is 42.5 Å². The van der Waals surface area contributed by atoms with Crippen molar-refractivity contribution in [3.8, 4) is 5.69 Å². The maximum atomic E-state index is 12.0. The molecular weight excluding hydrogens is 392 g/mol. The molecule has 4 N–H and O–H groups in total. The van der Waals surface area contributed by atoms with Gasteiger partial charge in [0.2, 0.25) is 0 Å². The van der Waals surface area contributed by atoms with E-state index < -0.39 is 0 Å². The number of nitrogens with zero attached hydrogens (tertiary/aromatic N) is 5. The molecule has 9 heteroatoms. The lowest BCUT2D eigenvalue weighted by molar-refractivity contribution is 0.0953. The number of aromatic nitrogens is 4. The van der Waals surface area contributed by atoms with Crippen LogP contribution in [0, 0.1) is 0 Å². The van der Waals surface area contributed by atoms with Crippen LogP contribution >= 0.6 is 0 Å². The fourth-order valence-corrected chi connectivity index (χ4v) is 2.99. The maximum Gasteiger partial charge on any atom is 0.251 e. The molecule has 4 rings (SSSR count). The summed E-state index contributed by atoms with van der Waals surface area (Å²) in [5.74, 6) is 0.438. The van der Waals surface area contributed by atoms with E-state index in [1.165, 1.54) is 6.33 Å². The molecule has 0 aliphatic heterocycles. The predicted octanol–water partition coefficient (Wildman–Crippen LogP) is 2.34. The molecule has 0 unspecified atom stereocenters. The minimum absolute atomic E-state index is 0.117. The molecule has 0 aliphatic rings. The Hall–Kier alpha value is -4.11. The first-order valence-electron chi connectivity index (χ1n) is 9.88. The molecule has 1 amide bonds. The van der Waals surface area contributed by atoms with Gasteiger partial charge in [-0.3, -0.25) is 10.2 Å². The van der Waals surface area contributed by atoms with E-state index in [1.54, 1.807) is 29.2 Å². The molecule has 2 aromatic heterocycles. The largest absolute Gasteiger partial charge is 0.352 e. The summed E-state index contributed by atoms with van der Waals surface area (Å²) in [7, 11) is 0. The third-order valence-corrected chi connectivity index (χ3v) is 4.59. The molecular formula is C22H22N8O. The van der Waals surface area contributed by atoms with E-state index in [0.29, 0.717) is 30.1 Å². The van der Waals surface area contributed by atoms with E-state index in [0.717, 1.165) is 23.1 Å². The van der Waals surface area contributed by atoms with Crippen molar-refractivity contribution in [1.29, 1.82) is 0 Å². The highest BCUT2D eigenvalue weighted by Crippen LogP contribution is 2.21. The third kappa shape index (κ3) is 4.73. The Morgan fingerprint density at radius 3 is 2.68 bits per heavy atom. The Balaban J connectivity index is 1.44. The third-order valence-electron chi connectivity index (χ3n) is 4.59. The molecule has 9 nitrogen and oxygen atoms in total. The predicted molar refractivity (Wildman–Crippen MR) is 120 cm³/mol. The molecule has 2 aromatic carbocycles. The van der Waals surface area contributed by atoms with Crippen molar-refractivity contribution in [3.05, 3.63) is 78.2 Å². The van der Waals surface area contributed by atoms with E-state index >= 15 is 0 Å². The SMILES string of the molecule is NCCCNC(=O)c1ccc(/C=N/Nc2ncnc3c2cnn3-c2ccccc2)cc1. The van der Waals surface area contributed by atoms with Crippen LogP contribution < -0.4 is 16.5 Å². The first kappa shape index (κ1) is 20.2. The van der Waals surface area contributed by atoms with Gasteiger partial charge in [0, 0.05) is 12.1 Å². The van der Waals surface area contributed by atoms with E-state index in [-0.39, 0.29) is 5.91 Å². The van der Waals surface area contributed by atoms with Crippen molar-refractivity contribution in [2.75, 3.05) is 18.5 Å². The van der Waals surface area contributed by atoms with Crippen LogP contribution in [-0.2, 0) is 0 Å². The molecule has 4 aromatic rings. The van der Waals surface area contributed by atoms with E-state index in [9.17, 15) is 4.79 Å². The number of hydrogen-bond acceptors (Lipinski definition) is 7. The second kappa shape index (κ2) is 9.59. The van der Waals surface area contributed by atoms with Crippen molar-refractivity contribution in [3.63, 3.8) is 0 Å². The number of amides is 1. The second-order valence-corrected chi connectivity index (χ2v) is 6.74. The van der Waals surface area contributed by atoms with Gasteiger partial charge in [-0.1, -0.05) is 30.3 Å². The summed E-state index contributed by atoms with van der Waals surface area (Å²) in [5.41, 5.74) is 11.4. The van der Waals surface area contributed by atoms with Crippen molar-refractivity contribution >= 4 is 29.0 Å². The van der Waals surface area contributed by atoms with Crippen LogP contribution in [0.4, 0.5) is 5.82 Å². The number of nitrogens with two attached hydrogens (primary N) is 1. The highest BCUT2D eigenvalue weighted by atomic mass is 16.1. The fraction of sp³-hybridized carbons (Fsp3) is 0.136. The lowest BCUT2D eigenvalue weighted by atomic mass is 10.1. The van der Waals surface area contributed by atoms with Crippen LogP contribution in [0.5, 0.6) is 0 Å². The molecule has 0 bridgehead atoms. The van der Waals surface area contributed by atoms with Crippen molar-refractivity contribution < 1.29 is 4.79 Å². The molecule has 0 radical (unpaired) electrons. The highest BCUT2D eigenvalue weighted by molar-refractivity contribution is 5.95. The molecule has 0 saturated heterocycles. The summed E-state index contributed by atoms with van der Waals surface area (Å²) in [6, 6.07) is 16.9. The van der Waals surface area contributed by atoms with E-state index in [4.69, 9.17) is 5.73 Å². The number of carbonyl (C=O) groups is 1. The topological polar surface area (TPSA) is 123 Å². The number of para-hydroxylation sites is 1. The van der Waals surface area contributed by atoms with Gasteiger partial charge in [-0.05, 0) is 42.8 Å². The van der Waals surface area contributed by atoms with Gasteiger partial charge in [0.15, 0.2) is 11.5 Å². The van der Waals surface area contributed by atoms with Crippen LogP contribution in [0.25, 0.3) is 16.7 Å². The molecule has 156 valence electrons. The number of hydrogen-bond donors (Lipinski definition) is 3. The summed E-state index contributed by atoms with van der Waals surface area (Å²) in [5, 5.41) is 12.3. The Morgan fingerprint density at radius 1 is 1.10 bits per heavy atom. The highest BCUT2D eigenvalue weighted by Gasteiger charge is 2.10. The monoisotopic (exact) mass is 414 g/mol. The van der Waals surface area contributed by atoms with Crippen LogP contribution in [-0.4, -0.2) is 45.0 Å². The van der Waals surface area contributed by atoms with Gasteiger partial charge >= 0.3 is 0 Å². The first-order chi connectivity index (χ1) is 15.3. The summed E-state index contributed by atoms with van der Waals surface area (Å²) in [4.78, 5) is 20.7. The number of nitrogens with one attached hydrogen (secondary N) is 2. The van der Waals surface area contributed by atoms with Gasteiger partial charge in [0.1, 0.15) is 6.33 Å². The zero-order valence-electron chi connectivity index (χ0n) is 16.8. The van der Waals surface area contributed by atoms with Crippen molar-refractivity contribution in [1.82, 2.24) is 25.1 Å². The van der Waals surface area contributed by atoms with E-state index in [2.05, 4.69) is 30.9 Å². The number of fused-ring (bicyclic) bond motifs is 1. The Morgan fingerprint density at radius 2 is 1.90 bits per heavy atom. The molecule has 0 spiro atoms. The smallest absolute Gasteiger partial charge is 0.251 e. The number of carbonyl (C=O) groups excluding carboxylic acids is 1. The maximum absolute atomic E-state index is 12.0. The molecule has 2 heterocycles. The van der Waals surface area contributed by atoms with Gasteiger partial charge < -0.3 is 11.1 Å². The first-order valence-corrected chi connectivity index (χ1v) is 9.88. The molecule has 0 fully saturated rings. The van der Waals surface area contributed by atoms with Crippen LogP contribution in [0.3, 0.4) is 0 Å². The average Bonchev–Trinajstić information content (AvgIpc) is 3.25. The standard InChI is InChI=1S/C22H22N8O/c23-11-4-12-24-22(31)17-9-7-16(8-10-17)13-27-29-20-19-14-28-30(21(19)26-15-25-20)18-5-2-1-3-6-18/h1-3,5-10,13-15H,4,11-12,23H2,(H,24,31)(H,25,26,29)/b27-13+. The Labute approximate surface area is 179 Å². The number of benzene rings is 2. The van der Waals surface area contributed by atoms with Crippen LogP contribution in [0.2, 0.25) is 0 Å². The van der Waals surface area contributed by atoms with Gasteiger partial charge in [0.05, 0.1) is 23.5 Å². The number of hydrazone groups is 1. The minimum atomic E-state index is -0.117. The molecule has 0 saturated carbocycles. The van der Waals surface area contributed by atoms with Gasteiger partial charge in [-0.15, -0.1) is 0 Å². The average molecular weight is 414 g/mol. The normalized spacial score (nSPS) is 11.1. The summed E-state index contributed by atoms with van der Waals surface area (Å²) >= 11 is 0. The summed E-state index contributed by atoms with van der Waals surface area (Å²) < 4.78 is 1.75. The minimum Gasteiger partial charge on any atom is -0.352 e. The quantitative estimate of drug-likeness (QED) is 0.231. The molecule has 31 heavy (non-hydrogen) atoms.